The standard InChI is InChI=1S/C18H19N3OS/c1-12(21-9-5-6-10-21)16-19-17(22)15-14(11-23-18(15)20-16)13-7-3-2-4-8-13/h2-4,7-8,11-12H,5-6,9-10H2,1H3,(H,19,20,22)/t12-/m0/s1. The molecule has 4 nitrogen and oxygen atoms in total. The molecule has 4 rings (SSSR count). The Hall–Kier alpha value is -1.98. The number of nitrogens with one attached hydrogen (secondary N) is 1. The summed E-state index contributed by atoms with van der Waals surface area (Å²) in [4.78, 5) is 23.6. The van der Waals surface area contributed by atoms with Crippen molar-refractivity contribution in [3.63, 3.8) is 0 Å². The highest BCUT2D eigenvalue weighted by molar-refractivity contribution is 7.17. The van der Waals surface area contributed by atoms with Crippen LogP contribution in [0.2, 0.25) is 0 Å². The van der Waals surface area contributed by atoms with Gasteiger partial charge < -0.3 is 4.98 Å². The normalized spacial score (nSPS) is 16.9. The van der Waals surface area contributed by atoms with Crippen molar-refractivity contribution in [2.45, 2.75) is 25.8 Å². The Balaban J connectivity index is 1.79. The van der Waals surface area contributed by atoms with Crippen molar-refractivity contribution >= 4 is 21.6 Å². The molecule has 0 radical (unpaired) electrons. The summed E-state index contributed by atoms with van der Waals surface area (Å²) in [5.74, 6) is 0.783. The second-order valence-corrected chi connectivity index (χ2v) is 6.92. The fourth-order valence-electron chi connectivity index (χ4n) is 3.30. The molecule has 0 unspecified atom stereocenters. The first-order valence-electron chi connectivity index (χ1n) is 8.05. The second-order valence-electron chi connectivity index (χ2n) is 6.07. The number of aromatic nitrogens is 2. The highest BCUT2D eigenvalue weighted by Crippen LogP contribution is 2.31. The second kappa shape index (κ2) is 5.91. The highest BCUT2D eigenvalue weighted by Gasteiger charge is 2.22. The highest BCUT2D eigenvalue weighted by atomic mass is 32.1. The van der Waals surface area contributed by atoms with Gasteiger partial charge in [-0.15, -0.1) is 11.3 Å². The molecule has 0 saturated carbocycles. The lowest BCUT2D eigenvalue weighted by Gasteiger charge is -2.22. The number of hydrogen-bond acceptors (Lipinski definition) is 4. The van der Waals surface area contributed by atoms with Gasteiger partial charge in [0, 0.05) is 10.9 Å². The topological polar surface area (TPSA) is 49.0 Å². The number of nitrogens with zero attached hydrogens (tertiary/aromatic N) is 2. The van der Waals surface area contributed by atoms with E-state index < -0.39 is 0 Å². The van der Waals surface area contributed by atoms with Crippen LogP contribution in [-0.2, 0) is 0 Å². The zero-order chi connectivity index (χ0) is 15.8. The van der Waals surface area contributed by atoms with Gasteiger partial charge in [-0.2, -0.15) is 0 Å². The largest absolute Gasteiger partial charge is 0.309 e. The minimum atomic E-state index is -0.0313. The number of likely N-dealkylation sites (tertiary alicyclic amines) is 1. The maximum Gasteiger partial charge on any atom is 0.260 e. The molecule has 1 saturated heterocycles. The summed E-state index contributed by atoms with van der Waals surface area (Å²) in [6.45, 7) is 4.30. The summed E-state index contributed by atoms with van der Waals surface area (Å²) in [5, 5.41) is 2.74. The van der Waals surface area contributed by atoms with Crippen LogP contribution in [-0.4, -0.2) is 28.0 Å². The van der Waals surface area contributed by atoms with Crippen molar-refractivity contribution in [1.29, 1.82) is 0 Å². The SMILES string of the molecule is C[C@@H](c1nc2scc(-c3ccccc3)c2c(=O)[nH]1)N1CCCC1. The van der Waals surface area contributed by atoms with Gasteiger partial charge in [-0.3, -0.25) is 9.69 Å². The number of H-pyrrole nitrogens is 1. The molecule has 1 atom stereocenters. The molecular weight excluding hydrogens is 306 g/mol. The summed E-state index contributed by atoms with van der Waals surface area (Å²) in [5.41, 5.74) is 2.00. The van der Waals surface area contributed by atoms with Crippen molar-refractivity contribution in [3.8, 4) is 11.1 Å². The summed E-state index contributed by atoms with van der Waals surface area (Å²) in [6, 6.07) is 10.2. The molecule has 3 heterocycles. The third-order valence-corrected chi connectivity index (χ3v) is 5.50. The number of fused-ring (bicyclic) bond motifs is 1. The predicted molar refractivity (Wildman–Crippen MR) is 94.9 cm³/mol. The Morgan fingerprint density at radius 3 is 2.70 bits per heavy atom. The van der Waals surface area contributed by atoms with Gasteiger partial charge in [0.25, 0.3) is 5.56 Å². The Bertz CT molecular complexity index is 878. The van der Waals surface area contributed by atoms with E-state index in [1.54, 1.807) is 11.3 Å². The predicted octanol–water partition coefficient (Wildman–Crippen LogP) is 3.81. The molecule has 1 aromatic carbocycles. The lowest BCUT2D eigenvalue weighted by Crippen LogP contribution is -2.26. The van der Waals surface area contributed by atoms with Gasteiger partial charge in [0.2, 0.25) is 0 Å². The maximum absolute atomic E-state index is 12.7. The van der Waals surface area contributed by atoms with E-state index in [1.165, 1.54) is 12.8 Å². The van der Waals surface area contributed by atoms with Crippen LogP contribution in [0.1, 0.15) is 31.6 Å². The van der Waals surface area contributed by atoms with Crippen LogP contribution < -0.4 is 5.56 Å². The lowest BCUT2D eigenvalue weighted by molar-refractivity contribution is 0.253. The molecule has 0 spiro atoms. The van der Waals surface area contributed by atoms with E-state index in [9.17, 15) is 4.79 Å². The molecule has 1 aliphatic rings. The van der Waals surface area contributed by atoms with E-state index in [-0.39, 0.29) is 11.6 Å². The smallest absolute Gasteiger partial charge is 0.260 e. The molecular formula is C18H19N3OS. The zero-order valence-corrected chi connectivity index (χ0v) is 13.9. The molecule has 23 heavy (non-hydrogen) atoms. The fourth-order valence-corrected chi connectivity index (χ4v) is 4.25. The zero-order valence-electron chi connectivity index (χ0n) is 13.1. The molecule has 0 aliphatic carbocycles. The van der Waals surface area contributed by atoms with Gasteiger partial charge in [-0.1, -0.05) is 30.3 Å². The van der Waals surface area contributed by atoms with Crippen molar-refractivity contribution in [2.24, 2.45) is 0 Å². The molecule has 3 aromatic rings. The molecule has 1 aliphatic heterocycles. The van der Waals surface area contributed by atoms with E-state index in [1.807, 2.05) is 35.7 Å². The van der Waals surface area contributed by atoms with Gasteiger partial charge in [-0.25, -0.2) is 4.98 Å². The molecule has 1 N–H and O–H groups in total. The molecule has 1 fully saturated rings. The van der Waals surface area contributed by atoms with E-state index in [2.05, 4.69) is 16.8 Å². The number of hydrogen-bond donors (Lipinski definition) is 1. The Morgan fingerprint density at radius 2 is 1.96 bits per heavy atom. The summed E-state index contributed by atoms with van der Waals surface area (Å²) >= 11 is 1.55. The third-order valence-electron chi connectivity index (χ3n) is 4.63. The lowest BCUT2D eigenvalue weighted by atomic mass is 10.1. The van der Waals surface area contributed by atoms with Gasteiger partial charge in [0.15, 0.2) is 0 Å². The number of aromatic amines is 1. The average molecular weight is 325 g/mol. The van der Waals surface area contributed by atoms with Gasteiger partial charge in [-0.05, 0) is 38.4 Å². The Morgan fingerprint density at radius 1 is 1.22 bits per heavy atom. The van der Waals surface area contributed by atoms with Gasteiger partial charge in [0.1, 0.15) is 10.7 Å². The van der Waals surface area contributed by atoms with E-state index in [0.29, 0.717) is 5.39 Å². The molecule has 5 heteroatoms. The minimum absolute atomic E-state index is 0.0313. The van der Waals surface area contributed by atoms with Gasteiger partial charge in [0.05, 0.1) is 11.4 Å². The number of rotatable bonds is 3. The quantitative estimate of drug-likeness (QED) is 0.796. The van der Waals surface area contributed by atoms with Crippen LogP contribution in [0.3, 0.4) is 0 Å². The van der Waals surface area contributed by atoms with Crippen LogP contribution >= 0.6 is 11.3 Å². The summed E-state index contributed by atoms with van der Waals surface area (Å²) in [7, 11) is 0. The van der Waals surface area contributed by atoms with Crippen molar-refractivity contribution in [1.82, 2.24) is 14.9 Å². The third kappa shape index (κ3) is 2.60. The summed E-state index contributed by atoms with van der Waals surface area (Å²) < 4.78 is 0. The first-order valence-corrected chi connectivity index (χ1v) is 8.93. The van der Waals surface area contributed by atoms with Gasteiger partial charge >= 0.3 is 0 Å². The minimum Gasteiger partial charge on any atom is -0.309 e. The van der Waals surface area contributed by atoms with Crippen LogP contribution in [0.5, 0.6) is 0 Å². The first-order chi connectivity index (χ1) is 11.2. The monoisotopic (exact) mass is 325 g/mol. The van der Waals surface area contributed by atoms with Crippen molar-refractivity contribution < 1.29 is 0 Å². The van der Waals surface area contributed by atoms with E-state index >= 15 is 0 Å². The Kier molecular flexibility index (Phi) is 3.75. The fraction of sp³-hybridized carbons (Fsp3) is 0.333. The van der Waals surface area contributed by atoms with Crippen LogP contribution in [0, 0.1) is 0 Å². The summed E-state index contributed by atoms with van der Waals surface area (Å²) in [6.07, 6.45) is 2.46. The molecule has 0 amide bonds. The van der Waals surface area contributed by atoms with Crippen molar-refractivity contribution in [2.75, 3.05) is 13.1 Å². The molecule has 2 aromatic heterocycles. The van der Waals surface area contributed by atoms with Crippen LogP contribution in [0.4, 0.5) is 0 Å². The van der Waals surface area contributed by atoms with E-state index in [4.69, 9.17) is 4.98 Å². The van der Waals surface area contributed by atoms with Crippen LogP contribution in [0.25, 0.3) is 21.3 Å². The average Bonchev–Trinajstić information content (AvgIpc) is 3.24. The first kappa shape index (κ1) is 14.6. The maximum atomic E-state index is 12.7. The number of benzene rings is 1. The molecule has 0 bridgehead atoms. The van der Waals surface area contributed by atoms with E-state index in [0.717, 1.165) is 34.9 Å². The van der Waals surface area contributed by atoms with Crippen molar-refractivity contribution in [3.05, 3.63) is 51.9 Å². The Labute approximate surface area is 138 Å². The molecule has 118 valence electrons. The van der Waals surface area contributed by atoms with Crippen LogP contribution in [0.15, 0.2) is 40.5 Å². The number of thiophene rings is 1.